The van der Waals surface area contributed by atoms with Crippen molar-refractivity contribution in [3.05, 3.63) is 48.9 Å². The van der Waals surface area contributed by atoms with Gasteiger partial charge in [-0.25, -0.2) is 9.97 Å². The Morgan fingerprint density at radius 2 is 1.77 bits per heavy atom. The Bertz CT molecular complexity index is 1210. The maximum Gasteiger partial charge on any atom is 0.223 e. The van der Waals surface area contributed by atoms with Crippen LogP contribution >= 0.6 is 0 Å². The van der Waals surface area contributed by atoms with E-state index in [0.717, 1.165) is 45.9 Å². The van der Waals surface area contributed by atoms with Gasteiger partial charge in [0, 0.05) is 52.0 Å². The van der Waals surface area contributed by atoms with Crippen LogP contribution in [-0.2, 0) is 0 Å². The third-order valence-corrected chi connectivity index (χ3v) is 5.88. The number of fused-ring (bicyclic) bond motifs is 3. The van der Waals surface area contributed by atoms with Gasteiger partial charge in [-0.2, -0.15) is 0 Å². The number of anilines is 1. The number of aromatic amines is 1. The van der Waals surface area contributed by atoms with Gasteiger partial charge in [-0.05, 0) is 52.7 Å². The van der Waals surface area contributed by atoms with E-state index in [2.05, 4.69) is 71.5 Å². The summed E-state index contributed by atoms with van der Waals surface area (Å²) in [6, 6.07) is 10.6. The van der Waals surface area contributed by atoms with Crippen molar-refractivity contribution in [1.82, 2.24) is 25.3 Å². The van der Waals surface area contributed by atoms with Crippen LogP contribution in [0.4, 0.5) is 5.95 Å². The highest BCUT2D eigenvalue weighted by atomic mass is 15.2. The van der Waals surface area contributed by atoms with Crippen molar-refractivity contribution in [3.63, 3.8) is 0 Å². The van der Waals surface area contributed by atoms with Crippen LogP contribution in [0.15, 0.2) is 48.9 Å². The van der Waals surface area contributed by atoms with Gasteiger partial charge in [0.05, 0.1) is 16.7 Å². The topological polar surface area (TPSA) is 78.5 Å². The Morgan fingerprint density at radius 1 is 0.967 bits per heavy atom. The van der Waals surface area contributed by atoms with Crippen molar-refractivity contribution in [1.29, 1.82) is 0 Å². The van der Waals surface area contributed by atoms with E-state index in [4.69, 9.17) is 4.98 Å². The van der Waals surface area contributed by atoms with Gasteiger partial charge in [0.2, 0.25) is 5.95 Å². The van der Waals surface area contributed by atoms with E-state index in [1.165, 1.54) is 0 Å². The normalized spacial score (nSPS) is 18.7. The zero-order valence-electron chi connectivity index (χ0n) is 18.0. The smallest absolute Gasteiger partial charge is 0.223 e. The predicted molar refractivity (Wildman–Crippen MR) is 123 cm³/mol. The van der Waals surface area contributed by atoms with E-state index in [0.29, 0.717) is 12.0 Å². The minimum atomic E-state index is 0.0714. The van der Waals surface area contributed by atoms with Crippen LogP contribution in [0, 0.1) is 0 Å². The average molecular weight is 401 g/mol. The largest absolute Gasteiger partial charge is 0.359 e. The number of H-pyrrole nitrogens is 1. The fraction of sp³-hybridized carbons (Fsp3) is 0.375. The molecule has 6 nitrogen and oxygen atoms in total. The highest BCUT2D eigenvalue weighted by molar-refractivity contribution is 6.08. The van der Waals surface area contributed by atoms with Crippen molar-refractivity contribution in [2.24, 2.45) is 0 Å². The van der Waals surface area contributed by atoms with Crippen molar-refractivity contribution >= 4 is 27.8 Å². The van der Waals surface area contributed by atoms with Gasteiger partial charge in [0.1, 0.15) is 0 Å². The van der Waals surface area contributed by atoms with Crippen LogP contribution in [0.3, 0.4) is 0 Å². The van der Waals surface area contributed by atoms with Gasteiger partial charge in [-0.1, -0.05) is 18.2 Å². The molecule has 1 fully saturated rings. The van der Waals surface area contributed by atoms with Gasteiger partial charge in [-0.15, -0.1) is 0 Å². The molecule has 5 rings (SSSR count). The first-order chi connectivity index (χ1) is 14.3. The number of hydrogen-bond donors (Lipinski definition) is 3. The van der Waals surface area contributed by atoms with Gasteiger partial charge in [-0.3, -0.25) is 4.98 Å². The summed E-state index contributed by atoms with van der Waals surface area (Å²) >= 11 is 0. The molecule has 0 unspecified atom stereocenters. The maximum atomic E-state index is 4.85. The quantitative estimate of drug-likeness (QED) is 0.456. The van der Waals surface area contributed by atoms with E-state index in [-0.39, 0.29) is 11.1 Å². The van der Waals surface area contributed by atoms with Crippen LogP contribution < -0.4 is 10.6 Å². The van der Waals surface area contributed by atoms with Crippen LogP contribution in [0.25, 0.3) is 33.1 Å². The number of piperidine rings is 1. The fourth-order valence-corrected chi connectivity index (χ4v) is 5.13. The van der Waals surface area contributed by atoms with Gasteiger partial charge >= 0.3 is 0 Å². The predicted octanol–water partition coefficient (Wildman–Crippen LogP) is 4.89. The lowest BCUT2D eigenvalue weighted by atomic mass is 9.80. The lowest BCUT2D eigenvalue weighted by Gasteiger charge is -2.46. The van der Waals surface area contributed by atoms with Gasteiger partial charge < -0.3 is 15.6 Å². The first-order valence-electron chi connectivity index (χ1n) is 10.5. The second-order valence-electron chi connectivity index (χ2n) is 9.67. The summed E-state index contributed by atoms with van der Waals surface area (Å²) in [5, 5.41) is 9.56. The molecule has 1 aromatic carbocycles. The molecule has 0 amide bonds. The minimum Gasteiger partial charge on any atom is -0.359 e. The number of nitrogens with zero attached hydrogens (tertiary/aromatic N) is 3. The van der Waals surface area contributed by atoms with Gasteiger partial charge in [0.25, 0.3) is 0 Å². The van der Waals surface area contributed by atoms with Gasteiger partial charge in [0.15, 0.2) is 0 Å². The van der Waals surface area contributed by atoms with E-state index < -0.39 is 0 Å². The number of pyridine rings is 1. The molecule has 3 aromatic heterocycles. The number of benzene rings is 1. The zero-order valence-corrected chi connectivity index (χ0v) is 18.0. The molecule has 0 bridgehead atoms. The molecule has 0 spiro atoms. The Morgan fingerprint density at radius 3 is 2.57 bits per heavy atom. The Labute approximate surface area is 176 Å². The SMILES string of the molecule is CC1(C)CC(Nc2nccc(-c3c[nH]c4c3ccc3cccnc34)n2)CC(C)(C)N1. The Balaban J connectivity index is 1.48. The summed E-state index contributed by atoms with van der Waals surface area (Å²) < 4.78 is 0. The molecule has 4 heterocycles. The molecule has 1 aliphatic rings. The summed E-state index contributed by atoms with van der Waals surface area (Å²) in [5.41, 5.74) is 4.13. The lowest BCUT2D eigenvalue weighted by Crippen LogP contribution is -2.60. The molecule has 3 N–H and O–H groups in total. The number of nitrogens with one attached hydrogen (secondary N) is 3. The van der Waals surface area contributed by atoms with Crippen molar-refractivity contribution < 1.29 is 0 Å². The number of rotatable bonds is 3. The molecular weight excluding hydrogens is 372 g/mol. The second kappa shape index (κ2) is 6.77. The van der Waals surface area contributed by atoms with E-state index in [9.17, 15) is 0 Å². The molecule has 0 radical (unpaired) electrons. The lowest BCUT2D eigenvalue weighted by molar-refractivity contribution is 0.170. The third kappa shape index (κ3) is 3.52. The zero-order chi connectivity index (χ0) is 20.9. The van der Waals surface area contributed by atoms with E-state index >= 15 is 0 Å². The molecule has 1 aliphatic heterocycles. The van der Waals surface area contributed by atoms with Crippen LogP contribution in [0.5, 0.6) is 0 Å². The molecule has 0 saturated carbocycles. The number of hydrogen-bond acceptors (Lipinski definition) is 5. The molecule has 30 heavy (non-hydrogen) atoms. The second-order valence-corrected chi connectivity index (χ2v) is 9.67. The molecular formula is C24H28N6. The van der Waals surface area contributed by atoms with Crippen LogP contribution in [0.2, 0.25) is 0 Å². The summed E-state index contributed by atoms with van der Waals surface area (Å²) in [4.78, 5) is 17.3. The van der Waals surface area contributed by atoms with E-state index in [1.54, 1.807) is 0 Å². The van der Waals surface area contributed by atoms with Crippen molar-refractivity contribution in [2.75, 3.05) is 5.32 Å². The summed E-state index contributed by atoms with van der Waals surface area (Å²) in [7, 11) is 0. The van der Waals surface area contributed by atoms with E-state index in [1.807, 2.05) is 30.7 Å². The number of aromatic nitrogens is 4. The average Bonchev–Trinajstić information content (AvgIpc) is 3.10. The molecule has 0 atom stereocenters. The summed E-state index contributed by atoms with van der Waals surface area (Å²) in [6.07, 6.45) is 7.72. The van der Waals surface area contributed by atoms with Crippen molar-refractivity contribution in [2.45, 2.75) is 57.7 Å². The highest BCUT2D eigenvalue weighted by Crippen LogP contribution is 2.33. The minimum absolute atomic E-state index is 0.0714. The summed E-state index contributed by atoms with van der Waals surface area (Å²) in [5.74, 6) is 0.680. The van der Waals surface area contributed by atoms with Crippen molar-refractivity contribution in [3.8, 4) is 11.3 Å². The highest BCUT2D eigenvalue weighted by Gasteiger charge is 2.37. The molecule has 0 aliphatic carbocycles. The van der Waals surface area contributed by atoms with Crippen LogP contribution in [-0.4, -0.2) is 37.1 Å². The Kier molecular flexibility index (Phi) is 4.29. The third-order valence-electron chi connectivity index (χ3n) is 5.88. The first kappa shape index (κ1) is 19.0. The summed E-state index contributed by atoms with van der Waals surface area (Å²) in [6.45, 7) is 9.02. The molecule has 154 valence electrons. The molecule has 4 aromatic rings. The molecule has 1 saturated heterocycles. The monoisotopic (exact) mass is 400 g/mol. The standard InChI is InChI=1S/C24H28N6/c1-23(2)12-16(13-24(3,4)30-23)28-22-26-11-9-19(29-22)18-14-27-21-17(18)8-7-15-6-5-10-25-20(15)21/h5-11,14,16,27,30H,12-13H2,1-4H3,(H,26,28,29). The van der Waals surface area contributed by atoms with Crippen LogP contribution in [0.1, 0.15) is 40.5 Å². The maximum absolute atomic E-state index is 4.85. The fourth-order valence-electron chi connectivity index (χ4n) is 5.13. The Hall–Kier alpha value is -2.99. The first-order valence-corrected chi connectivity index (χ1v) is 10.5. The molecule has 6 heteroatoms.